The van der Waals surface area contributed by atoms with E-state index in [2.05, 4.69) is 13.8 Å². The zero-order valence-corrected chi connectivity index (χ0v) is 7.42. The molecule has 1 atom stereocenters. The van der Waals surface area contributed by atoms with Gasteiger partial charge in [0.2, 0.25) is 0 Å². The second kappa shape index (κ2) is 4.92. The molecule has 0 bridgehead atoms. The first-order chi connectivity index (χ1) is 4.18. The van der Waals surface area contributed by atoms with E-state index in [1.165, 1.54) is 19.3 Å². The summed E-state index contributed by atoms with van der Waals surface area (Å²) >= 11 is 5.03. The van der Waals surface area contributed by atoms with Gasteiger partial charge in [-0.2, -0.15) is 0 Å². The summed E-state index contributed by atoms with van der Waals surface area (Å²) in [6, 6.07) is 0. The Hall–Kier alpha value is 0.0900. The van der Waals surface area contributed by atoms with Crippen LogP contribution in [0.2, 0.25) is 0 Å². The van der Waals surface area contributed by atoms with Gasteiger partial charge in [-0.1, -0.05) is 38.9 Å². The fraction of sp³-hybridized carbons (Fsp3) is 0.875. The highest BCUT2D eigenvalue weighted by Crippen LogP contribution is 2.08. The standard InChI is InChI=1S/C8H16S/c1-4-5-6-7(2)8(3)9/h7H,4-6H2,1-3H3. The molecule has 0 aliphatic rings. The third-order valence-corrected chi connectivity index (χ3v) is 2.09. The number of unbranched alkanes of at least 4 members (excludes halogenated alkanes) is 1. The molecule has 0 nitrogen and oxygen atoms in total. The summed E-state index contributed by atoms with van der Waals surface area (Å²) in [6.45, 7) is 6.46. The predicted molar refractivity (Wildman–Crippen MR) is 47.0 cm³/mol. The first-order valence-corrected chi connectivity index (χ1v) is 4.09. The highest BCUT2D eigenvalue weighted by molar-refractivity contribution is 7.80. The van der Waals surface area contributed by atoms with Crippen LogP contribution in [0, 0.1) is 5.92 Å². The van der Waals surface area contributed by atoms with Gasteiger partial charge in [-0.15, -0.1) is 0 Å². The molecule has 0 aromatic carbocycles. The van der Waals surface area contributed by atoms with Gasteiger partial charge in [0.05, 0.1) is 0 Å². The summed E-state index contributed by atoms with van der Waals surface area (Å²) in [5, 5.41) is 0. The van der Waals surface area contributed by atoms with Crippen LogP contribution in [0.3, 0.4) is 0 Å². The molecule has 0 spiro atoms. The molecule has 1 unspecified atom stereocenters. The number of rotatable bonds is 4. The smallest absolute Gasteiger partial charge is 0.00743 e. The zero-order valence-electron chi connectivity index (χ0n) is 6.61. The second-order valence-electron chi connectivity index (χ2n) is 2.65. The van der Waals surface area contributed by atoms with Gasteiger partial charge in [0, 0.05) is 0 Å². The summed E-state index contributed by atoms with van der Waals surface area (Å²) in [4.78, 5) is 1.16. The summed E-state index contributed by atoms with van der Waals surface area (Å²) in [7, 11) is 0. The average molecular weight is 144 g/mol. The van der Waals surface area contributed by atoms with Gasteiger partial charge in [0.1, 0.15) is 0 Å². The number of hydrogen-bond acceptors (Lipinski definition) is 1. The van der Waals surface area contributed by atoms with Crippen LogP contribution in [0.25, 0.3) is 0 Å². The van der Waals surface area contributed by atoms with E-state index < -0.39 is 0 Å². The Labute approximate surface area is 63.7 Å². The first-order valence-electron chi connectivity index (χ1n) is 3.69. The van der Waals surface area contributed by atoms with Gasteiger partial charge < -0.3 is 0 Å². The lowest BCUT2D eigenvalue weighted by Gasteiger charge is -2.06. The van der Waals surface area contributed by atoms with E-state index in [-0.39, 0.29) is 0 Å². The Morgan fingerprint density at radius 1 is 1.56 bits per heavy atom. The molecule has 0 radical (unpaired) electrons. The Morgan fingerprint density at radius 3 is 2.44 bits per heavy atom. The average Bonchev–Trinajstić information content (AvgIpc) is 1.82. The molecular weight excluding hydrogens is 128 g/mol. The molecule has 0 amide bonds. The van der Waals surface area contributed by atoms with Gasteiger partial charge in [-0.25, -0.2) is 0 Å². The van der Waals surface area contributed by atoms with Gasteiger partial charge in [0.25, 0.3) is 0 Å². The molecule has 0 N–H and O–H groups in total. The highest BCUT2D eigenvalue weighted by Gasteiger charge is 2.01. The van der Waals surface area contributed by atoms with Crippen LogP contribution in [-0.4, -0.2) is 4.86 Å². The molecule has 0 aliphatic heterocycles. The lowest BCUT2D eigenvalue weighted by atomic mass is 10.0. The third-order valence-electron chi connectivity index (χ3n) is 1.68. The van der Waals surface area contributed by atoms with Crippen molar-refractivity contribution < 1.29 is 0 Å². The van der Waals surface area contributed by atoms with Crippen molar-refractivity contribution in [3.63, 3.8) is 0 Å². The van der Waals surface area contributed by atoms with E-state index in [1.54, 1.807) is 0 Å². The number of thiocarbonyl (C=S) groups is 1. The maximum Gasteiger partial charge on any atom is -0.00743 e. The van der Waals surface area contributed by atoms with E-state index in [0.29, 0.717) is 5.92 Å². The molecule has 54 valence electrons. The summed E-state index contributed by atoms with van der Waals surface area (Å²) in [5.74, 6) is 0.653. The van der Waals surface area contributed by atoms with Gasteiger partial charge in [-0.3, -0.25) is 0 Å². The quantitative estimate of drug-likeness (QED) is 0.546. The maximum atomic E-state index is 5.03. The lowest BCUT2D eigenvalue weighted by Crippen LogP contribution is -2.02. The largest absolute Gasteiger partial charge is 0.0897 e. The minimum absolute atomic E-state index is 0.653. The Morgan fingerprint density at radius 2 is 2.11 bits per heavy atom. The monoisotopic (exact) mass is 144 g/mol. The van der Waals surface area contributed by atoms with Crippen LogP contribution < -0.4 is 0 Å². The predicted octanol–water partition coefficient (Wildman–Crippen LogP) is 3.20. The van der Waals surface area contributed by atoms with Gasteiger partial charge in [-0.05, 0) is 24.1 Å². The molecule has 0 heterocycles. The molecular formula is C8H16S. The van der Waals surface area contributed by atoms with Crippen molar-refractivity contribution in [2.45, 2.75) is 40.0 Å². The molecule has 0 aromatic heterocycles. The number of hydrogen-bond donors (Lipinski definition) is 0. The van der Waals surface area contributed by atoms with E-state index in [0.717, 1.165) is 4.86 Å². The SMILES string of the molecule is CCCCC(C)C(C)=S. The molecule has 0 saturated carbocycles. The van der Waals surface area contributed by atoms with Crippen LogP contribution in [0.1, 0.15) is 40.0 Å². The van der Waals surface area contributed by atoms with Gasteiger partial charge in [0.15, 0.2) is 0 Å². The van der Waals surface area contributed by atoms with E-state index in [1.807, 2.05) is 6.92 Å². The first kappa shape index (κ1) is 9.09. The van der Waals surface area contributed by atoms with E-state index in [9.17, 15) is 0 Å². The van der Waals surface area contributed by atoms with Crippen LogP contribution in [0.5, 0.6) is 0 Å². The normalized spacial score (nSPS) is 13.2. The molecule has 0 fully saturated rings. The molecule has 1 heteroatoms. The molecule has 0 saturated heterocycles. The maximum absolute atomic E-state index is 5.03. The summed E-state index contributed by atoms with van der Waals surface area (Å²) in [6.07, 6.45) is 3.87. The second-order valence-corrected chi connectivity index (χ2v) is 3.30. The van der Waals surface area contributed by atoms with Crippen molar-refractivity contribution in [2.75, 3.05) is 0 Å². The fourth-order valence-corrected chi connectivity index (χ4v) is 0.831. The molecule has 0 aliphatic carbocycles. The topological polar surface area (TPSA) is 0 Å². The van der Waals surface area contributed by atoms with E-state index in [4.69, 9.17) is 12.2 Å². The molecule has 0 aromatic rings. The van der Waals surface area contributed by atoms with Crippen LogP contribution in [0.15, 0.2) is 0 Å². The zero-order chi connectivity index (χ0) is 7.28. The minimum atomic E-state index is 0.653. The van der Waals surface area contributed by atoms with Crippen molar-refractivity contribution in [1.82, 2.24) is 0 Å². The van der Waals surface area contributed by atoms with Crippen LogP contribution in [-0.2, 0) is 0 Å². The van der Waals surface area contributed by atoms with E-state index >= 15 is 0 Å². The molecule has 0 rings (SSSR count). The molecule has 9 heavy (non-hydrogen) atoms. The summed E-state index contributed by atoms with van der Waals surface area (Å²) in [5.41, 5.74) is 0. The van der Waals surface area contributed by atoms with Crippen LogP contribution >= 0.6 is 12.2 Å². The lowest BCUT2D eigenvalue weighted by molar-refractivity contribution is 0.628. The highest BCUT2D eigenvalue weighted by atomic mass is 32.1. The van der Waals surface area contributed by atoms with Gasteiger partial charge >= 0.3 is 0 Å². The fourth-order valence-electron chi connectivity index (χ4n) is 0.714. The van der Waals surface area contributed by atoms with Crippen molar-refractivity contribution in [3.05, 3.63) is 0 Å². The third kappa shape index (κ3) is 4.58. The van der Waals surface area contributed by atoms with Crippen molar-refractivity contribution in [3.8, 4) is 0 Å². The van der Waals surface area contributed by atoms with Crippen molar-refractivity contribution in [1.29, 1.82) is 0 Å². The Kier molecular flexibility index (Phi) is 4.97. The minimum Gasteiger partial charge on any atom is -0.0897 e. The summed E-state index contributed by atoms with van der Waals surface area (Å²) < 4.78 is 0. The van der Waals surface area contributed by atoms with Crippen molar-refractivity contribution in [2.24, 2.45) is 5.92 Å². The Balaban J connectivity index is 3.27. The Bertz CT molecular complexity index is 86.6. The van der Waals surface area contributed by atoms with Crippen molar-refractivity contribution >= 4 is 17.1 Å². The van der Waals surface area contributed by atoms with Crippen LogP contribution in [0.4, 0.5) is 0 Å².